The second-order valence-corrected chi connectivity index (χ2v) is 10.1. The first-order valence-electron chi connectivity index (χ1n) is 9.95. The molecule has 0 saturated carbocycles. The summed E-state index contributed by atoms with van der Waals surface area (Å²) < 4.78 is 6.36. The smallest absolute Gasteiger partial charge is 0.271 e. The van der Waals surface area contributed by atoms with Crippen molar-refractivity contribution in [3.05, 3.63) is 90.7 Å². The number of thioether (sulfide) groups is 1. The predicted octanol–water partition coefficient (Wildman–Crippen LogP) is 8.19. The van der Waals surface area contributed by atoms with Crippen molar-refractivity contribution in [3.63, 3.8) is 0 Å². The fourth-order valence-electron chi connectivity index (χ4n) is 3.22. The maximum Gasteiger partial charge on any atom is 0.271 e. The third kappa shape index (κ3) is 5.14. The summed E-state index contributed by atoms with van der Waals surface area (Å²) in [5, 5.41) is 1.71. The Morgan fingerprint density at radius 3 is 2.36 bits per heavy atom. The van der Waals surface area contributed by atoms with Gasteiger partial charge in [-0.05, 0) is 85.3 Å². The van der Waals surface area contributed by atoms with Crippen LogP contribution in [-0.2, 0) is 4.79 Å². The van der Waals surface area contributed by atoms with E-state index in [0.29, 0.717) is 37.2 Å². The first-order valence-corrected chi connectivity index (χ1v) is 12.3. The van der Waals surface area contributed by atoms with Crippen molar-refractivity contribution in [2.45, 2.75) is 13.8 Å². The van der Waals surface area contributed by atoms with Gasteiger partial charge in [0.15, 0.2) is 5.17 Å². The predicted molar refractivity (Wildman–Crippen MR) is 143 cm³/mol. The van der Waals surface area contributed by atoms with E-state index in [4.69, 9.17) is 32.9 Å². The van der Waals surface area contributed by atoms with E-state index in [0.717, 1.165) is 21.2 Å². The molecule has 1 amide bonds. The van der Waals surface area contributed by atoms with Crippen molar-refractivity contribution in [1.29, 1.82) is 0 Å². The number of nitrogens with zero attached hydrogens (tertiary/aromatic N) is 2. The van der Waals surface area contributed by atoms with Gasteiger partial charge in [-0.1, -0.05) is 51.3 Å². The molecule has 1 saturated heterocycles. The SMILES string of the molecule is COc1ccc(Br)cc1/C=C1/SC(=Nc2ccc(C)c(Cl)c2)N(c2ccc(C)c(Cl)c2)C1=O. The van der Waals surface area contributed by atoms with Crippen LogP contribution in [0, 0.1) is 13.8 Å². The largest absolute Gasteiger partial charge is 0.496 e. The quantitative estimate of drug-likeness (QED) is 0.301. The van der Waals surface area contributed by atoms with Gasteiger partial charge in [0.25, 0.3) is 5.91 Å². The highest BCUT2D eigenvalue weighted by Crippen LogP contribution is 2.40. The highest BCUT2D eigenvalue weighted by Gasteiger charge is 2.35. The third-order valence-electron chi connectivity index (χ3n) is 5.08. The number of anilines is 1. The Morgan fingerprint density at radius 1 is 1.00 bits per heavy atom. The van der Waals surface area contributed by atoms with Gasteiger partial charge in [-0.25, -0.2) is 4.99 Å². The van der Waals surface area contributed by atoms with Gasteiger partial charge in [0.2, 0.25) is 0 Å². The molecule has 0 atom stereocenters. The minimum Gasteiger partial charge on any atom is -0.496 e. The number of carbonyl (C=O) groups is 1. The summed E-state index contributed by atoms with van der Waals surface area (Å²) in [5.74, 6) is 0.471. The zero-order valence-electron chi connectivity index (χ0n) is 18.0. The van der Waals surface area contributed by atoms with E-state index >= 15 is 0 Å². The molecule has 0 aromatic heterocycles. The zero-order valence-corrected chi connectivity index (χ0v) is 21.9. The maximum absolute atomic E-state index is 13.5. The lowest BCUT2D eigenvalue weighted by atomic mass is 10.1. The van der Waals surface area contributed by atoms with Crippen LogP contribution in [0.5, 0.6) is 5.75 Å². The van der Waals surface area contributed by atoms with Crippen molar-refractivity contribution in [1.82, 2.24) is 0 Å². The van der Waals surface area contributed by atoms with Gasteiger partial charge in [0, 0.05) is 20.1 Å². The van der Waals surface area contributed by atoms with E-state index < -0.39 is 0 Å². The number of hydrogen-bond donors (Lipinski definition) is 0. The van der Waals surface area contributed by atoms with Crippen molar-refractivity contribution >= 4 is 79.4 Å². The topological polar surface area (TPSA) is 41.9 Å². The molecule has 33 heavy (non-hydrogen) atoms. The van der Waals surface area contributed by atoms with Crippen LogP contribution in [0.4, 0.5) is 11.4 Å². The number of hydrogen-bond acceptors (Lipinski definition) is 4. The van der Waals surface area contributed by atoms with E-state index in [9.17, 15) is 4.79 Å². The molecular weight excluding hydrogens is 543 g/mol. The van der Waals surface area contributed by atoms with E-state index in [1.807, 2.05) is 62.4 Å². The molecule has 0 radical (unpaired) electrons. The van der Waals surface area contributed by atoms with Gasteiger partial charge in [-0.3, -0.25) is 9.69 Å². The molecule has 1 aliphatic heterocycles. The number of halogens is 3. The summed E-state index contributed by atoms with van der Waals surface area (Å²) in [4.78, 5) is 20.4. The van der Waals surface area contributed by atoms with Gasteiger partial charge in [-0.15, -0.1) is 0 Å². The van der Waals surface area contributed by atoms with E-state index in [-0.39, 0.29) is 5.91 Å². The van der Waals surface area contributed by atoms with Gasteiger partial charge in [0.1, 0.15) is 5.75 Å². The highest BCUT2D eigenvalue weighted by molar-refractivity contribution is 9.10. The molecule has 1 fully saturated rings. The minimum absolute atomic E-state index is 0.195. The standard InChI is InChI=1S/C25H19BrCl2N2O2S/c1-14-4-7-18(12-20(14)27)29-25-30(19-8-5-15(2)21(28)13-19)24(31)23(33-25)11-16-10-17(26)6-9-22(16)32-3/h4-13H,1-3H3/b23-11+,29-25?. The average molecular weight is 562 g/mol. The lowest BCUT2D eigenvalue weighted by Crippen LogP contribution is -2.28. The molecule has 1 heterocycles. The van der Waals surface area contributed by atoms with Crippen LogP contribution in [0.3, 0.4) is 0 Å². The zero-order chi connectivity index (χ0) is 23.7. The summed E-state index contributed by atoms with van der Waals surface area (Å²) >= 11 is 17.4. The molecule has 3 aromatic rings. The van der Waals surface area contributed by atoms with Crippen LogP contribution in [0.2, 0.25) is 10.0 Å². The molecule has 0 spiro atoms. The van der Waals surface area contributed by atoms with Crippen LogP contribution < -0.4 is 9.64 Å². The molecule has 168 valence electrons. The van der Waals surface area contributed by atoms with Gasteiger partial charge in [-0.2, -0.15) is 0 Å². The Hall–Kier alpha value is -2.25. The van der Waals surface area contributed by atoms with Crippen LogP contribution in [0.15, 0.2) is 69.0 Å². The van der Waals surface area contributed by atoms with Gasteiger partial charge >= 0.3 is 0 Å². The summed E-state index contributed by atoms with van der Waals surface area (Å²) in [6.07, 6.45) is 1.81. The molecule has 1 aliphatic rings. The highest BCUT2D eigenvalue weighted by atomic mass is 79.9. The summed E-state index contributed by atoms with van der Waals surface area (Å²) in [6, 6.07) is 16.7. The Kier molecular flexibility index (Phi) is 7.19. The fourth-order valence-corrected chi connectivity index (χ4v) is 4.94. The summed E-state index contributed by atoms with van der Waals surface area (Å²) in [6.45, 7) is 3.85. The first-order chi connectivity index (χ1) is 15.8. The van der Waals surface area contributed by atoms with Crippen molar-refractivity contribution < 1.29 is 9.53 Å². The van der Waals surface area contributed by atoms with E-state index in [1.165, 1.54) is 11.8 Å². The normalized spacial score (nSPS) is 16.2. The number of methoxy groups -OCH3 is 1. The number of aliphatic imine (C=N–C) groups is 1. The molecule has 4 rings (SSSR count). The van der Waals surface area contributed by atoms with Crippen LogP contribution in [0.1, 0.15) is 16.7 Å². The number of ether oxygens (including phenoxy) is 1. The number of aryl methyl sites for hydroxylation is 2. The first kappa shape index (κ1) is 23.9. The van der Waals surface area contributed by atoms with Crippen LogP contribution in [0.25, 0.3) is 6.08 Å². The molecule has 3 aromatic carbocycles. The summed E-state index contributed by atoms with van der Waals surface area (Å²) in [7, 11) is 1.60. The van der Waals surface area contributed by atoms with E-state index in [2.05, 4.69) is 15.9 Å². The van der Waals surface area contributed by atoms with Gasteiger partial charge in [0.05, 0.1) is 23.4 Å². The number of amidine groups is 1. The Balaban J connectivity index is 1.83. The summed E-state index contributed by atoms with van der Waals surface area (Å²) in [5.41, 5.74) is 3.97. The van der Waals surface area contributed by atoms with E-state index in [1.54, 1.807) is 24.1 Å². The number of rotatable bonds is 4. The number of amides is 1. The fraction of sp³-hybridized carbons (Fsp3) is 0.120. The Labute approximate surface area is 215 Å². The average Bonchev–Trinajstić information content (AvgIpc) is 3.07. The molecule has 0 unspecified atom stereocenters. The van der Waals surface area contributed by atoms with Crippen molar-refractivity contribution in [2.75, 3.05) is 12.0 Å². The molecule has 8 heteroatoms. The monoisotopic (exact) mass is 560 g/mol. The molecular formula is C25H19BrCl2N2O2S. The molecule has 4 nitrogen and oxygen atoms in total. The second-order valence-electron chi connectivity index (χ2n) is 7.40. The van der Waals surface area contributed by atoms with Gasteiger partial charge < -0.3 is 4.74 Å². The molecule has 0 aliphatic carbocycles. The second kappa shape index (κ2) is 9.94. The maximum atomic E-state index is 13.5. The number of carbonyl (C=O) groups excluding carboxylic acids is 1. The third-order valence-corrected chi connectivity index (χ3v) is 7.35. The Morgan fingerprint density at radius 2 is 1.70 bits per heavy atom. The van der Waals surface area contributed by atoms with Crippen molar-refractivity contribution in [2.24, 2.45) is 4.99 Å². The Bertz CT molecular complexity index is 1320. The van der Waals surface area contributed by atoms with Crippen molar-refractivity contribution in [3.8, 4) is 5.75 Å². The minimum atomic E-state index is -0.195. The lowest BCUT2D eigenvalue weighted by molar-refractivity contribution is -0.113. The van der Waals surface area contributed by atoms with Crippen LogP contribution >= 0.6 is 50.9 Å². The number of benzene rings is 3. The lowest BCUT2D eigenvalue weighted by Gasteiger charge is -2.16. The molecule has 0 N–H and O–H groups in total. The molecule has 0 bridgehead atoms. The van der Waals surface area contributed by atoms with Crippen LogP contribution in [-0.4, -0.2) is 18.2 Å².